The first kappa shape index (κ1) is 16.8. The highest BCUT2D eigenvalue weighted by Crippen LogP contribution is 2.29. The van der Waals surface area contributed by atoms with Gasteiger partial charge < -0.3 is 14.5 Å². The van der Waals surface area contributed by atoms with Gasteiger partial charge in [0.2, 0.25) is 0 Å². The predicted octanol–water partition coefficient (Wildman–Crippen LogP) is 2.46. The molecule has 128 valence electrons. The van der Waals surface area contributed by atoms with Gasteiger partial charge in [-0.05, 0) is 35.0 Å². The van der Waals surface area contributed by atoms with E-state index in [0.717, 1.165) is 34.7 Å². The summed E-state index contributed by atoms with van der Waals surface area (Å²) in [6.07, 6.45) is 0. The Balaban J connectivity index is 1.71. The third kappa shape index (κ3) is 3.00. The molecule has 2 heterocycles. The SMILES string of the molecule is COc1ccccc1N1CCN(C(=O)c2nn(C)c(C)c2Br)CC1. The van der Waals surface area contributed by atoms with E-state index in [1.54, 1.807) is 11.8 Å². The molecule has 0 unspecified atom stereocenters. The molecule has 0 bridgehead atoms. The van der Waals surface area contributed by atoms with E-state index < -0.39 is 0 Å². The van der Waals surface area contributed by atoms with Crippen molar-refractivity contribution in [3.63, 3.8) is 0 Å². The van der Waals surface area contributed by atoms with Gasteiger partial charge in [0, 0.05) is 33.2 Å². The molecule has 0 spiro atoms. The quantitative estimate of drug-likeness (QED) is 0.804. The molecule has 1 saturated heterocycles. The predicted molar refractivity (Wildman–Crippen MR) is 96.8 cm³/mol. The van der Waals surface area contributed by atoms with Gasteiger partial charge in [-0.25, -0.2) is 0 Å². The number of carbonyl (C=O) groups excluding carboxylic acids is 1. The molecule has 0 radical (unpaired) electrons. The second kappa shape index (κ2) is 6.84. The minimum absolute atomic E-state index is 0.0229. The van der Waals surface area contributed by atoms with Gasteiger partial charge in [-0.2, -0.15) is 5.10 Å². The molecule has 0 saturated carbocycles. The molecule has 1 aromatic heterocycles. The van der Waals surface area contributed by atoms with Crippen molar-refractivity contribution in [1.82, 2.24) is 14.7 Å². The Hall–Kier alpha value is -2.02. The highest BCUT2D eigenvalue weighted by atomic mass is 79.9. The fraction of sp³-hybridized carbons (Fsp3) is 0.412. The number of rotatable bonds is 3. The van der Waals surface area contributed by atoms with Crippen molar-refractivity contribution in [2.45, 2.75) is 6.92 Å². The third-order valence-corrected chi connectivity index (χ3v) is 5.41. The normalized spacial score (nSPS) is 14.8. The second-order valence-electron chi connectivity index (χ2n) is 5.82. The van der Waals surface area contributed by atoms with Crippen LogP contribution >= 0.6 is 15.9 Å². The molecule has 0 atom stereocenters. The highest BCUT2D eigenvalue weighted by molar-refractivity contribution is 9.10. The first-order valence-electron chi connectivity index (χ1n) is 7.89. The minimum atomic E-state index is -0.0229. The van der Waals surface area contributed by atoms with Gasteiger partial charge in [-0.1, -0.05) is 12.1 Å². The summed E-state index contributed by atoms with van der Waals surface area (Å²) >= 11 is 3.48. The van der Waals surface area contributed by atoms with Gasteiger partial charge in [0.15, 0.2) is 5.69 Å². The first-order chi connectivity index (χ1) is 11.5. The van der Waals surface area contributed by atoms with Crippen molar-refractivity contribution in [2.24, 2.45) is 7.05 Å². The number of anilines is 1. The number of benzene rings is 1. The largest absolute Gasteiger partial charge is 0.495 e. The van der Waals surface area contributed by atoms with Crippen LogP contribution in [0.5, 0.6) is 5.75 Å². The number of hydrogen-bond acceptors (Lipinski definition) is 4. The zero-order chi connectivity index (χ0) is 17.3. The summed E-state index contributed by atoms with van der Waals surface area (Å²) in [5.41, 5.74) is 2.51. The summed E-state index contributed by atoms with van der Waals surface area (Å²) in [5, 5.41) is 4.33. The van der Waals surface area contributed by atoms with E-state index in [-0.39, 0.29) is 5.91 Å². The van der Waals surface area contributed by atoms with Gasteiger partial charge in [-0.15, -0.1) is 0 Å². The van der Waals surface area contributed by atoms with Crippen molar-refractivity contribution in [3.05, 3.63) is 40.1 Å². The van der Waals surface area contributed by atoms with E-state index in [1.807, 2.05) is 37.1 Å². The minimum Gasteiger partial charge on any atom is -0.495 e. The summed E-state index contributed by atoms with van der Waals surface area (Å²) < 4.78 is 7.94. The molecule has 2 aromatic rings. The second-order valence-corrected chi connectivity index (χ2v) is 6.62. The van der Waals surface area contributed by atoms with Crippen LogP contribution in [0.1, 0.15) is 16.2 Å². The van der Waals surface area contributed by atoms with Crippen LogP contribution in [-0.4, -0.2) is 53.9 Å². The Morgan fingerprint density at radius 2 is 1.88 bits per heavy atom. The number of carbonyl (C=O) groups is 1. The van der Waals surface area contributed by atoms with Crippen LogP contribution in [0.25, 0.3) is 0 Å². The number of halogens is 1. The number of amides is 1. The van der Waals surface area contributed by atoms with Crippen LogP contribution in [0, 0.1) is 6.92 Å². The summed E-state index contributed by atoms with van der Waals surface area (Å²) in [6, 6.07) is 7.97. The lowest BCUT2D eigenvalue weighted by molar-refractivity contribution is 0.0739. The molecule has 1 aliphatic heterocycles. The molecule has 7 heteroatoms. The van der Waals surface area contributed by atoms with Gasteiger partial charge in [-0.3, -0.25) is 9.48 Å². The van der Waals surface area contributed by atoms with Crippen molar-refractivity contribution >= 4 is 27.5 Å². The van der Waals surface area contributed by atoms with Gasteiger partial charge in [0.05, 0.1) is 23.0 Å². The summed E-state index contributed by atoms with van der Waals surface area (Å²) in [6.45, 7) is 4.82. The Kier molecular flexibility index (Phi) is 4.80. The topological polar surface area (TPSA) is 50.6 Å². The summed E-state index contributed by atoms with van der Waals surface area (Å²) in [5.74, 6) is 0.839. The summed E-state index contributed by atoms with van der Waals surface area (Å²) in [4.78, 5) is 16.8. The van der Waals surface area contributed by atoms with Gasteiger partial charge in [0.1, 0.15) is 5.75 Å². The third-order valence-electron chi connectivity index (χ3n) is 4.46. The molecule has 0 aliphatic carbocycles. The maximum atomic E-state index is 12.7. The molecule has 1 aromatic carbocycles. The Morgan fingerprint density at radius 3 is 2.46 bits per heavy atom. The zero-order valence-corrected chi connectivity index (χ0v) is 15.7. The standard InChI is InChI=1S/C17H21BrN4O2/c1-12-15(18)16(19-20(12)2)17(23)22-10-8-21(9-11-22)13-6-4-5-7-14(13)24-3/h4-7H,8-11H2,1-3H3. The van der Waals surface area contributed by atoms with Crippen LogP contribution in [0.15, 0.2) is 28.7 Å². The number of hydrogen-bond donors (Lipinski definition) is 0. The lowest BCUT2D eigenvalue weighted by atomic mass is 10.2. The Bertz CT molecular complexity index is 751. The van der Waals surface area contributed by atoms with Gasteiger partial charge in [0.25, 0.3) is 5.91 Å². The van der Waals surface area contributed by atoms with E-state index in [4.69, 9.17) is 4.74 Å². The number of para-hydroxylation sites is 2. The van der Waals surface area contributed by atoms with Crippen molar-refractivity contribution in [2.75, 3.05) is 38.2 Å². The molecular weight excluding hydrogens is 372 g/mol. The lowest BCUT2D eigenvalue weighted by Gasteiger charge is -2.36. The number of methoxy groups -OCH3 is 1. The lowest BCUT2D eigenvalue weighted by Crippen LogP contribution is -2.49. The Labute approximate surface area is 150 Å². The van der Waals surface area contributed by atoms with Crippen LogP contribution in [0.3, 0.4) is 0 Å². The molecule has 1 fully saturated rings. The van der Waals surface area contributed by atoms with Crippen molar-refractivity contribution in [3.8, 4) is 5.75 Å². The van der Waals surface area contributed by atoms with Crippen LogP contribution in [0.4, 0.5) is 5.69 Å². The Morgan fingerprint density at radius 1 is 1.21 bits per heavy atom. The van der Waals surface area contributed by atoms with E-state index in [9.17, 15) is 4.79 Å². The number of ether oxygens (including phenoxy) is 1. The fourth-order valence-electron chi connectivity index (χ4n) is 2.91. The highest BCUT2D eigenvalue weighted by Gasteiger charge is 2.27. The molecular formula is C17H21BrN4O2. The molecule has 1 amide bonds. The summed E-state index contributed by atoms with van der Waals surface area (Å²) in [7, 11) is 3.52. The van der Waals surface area contributed by atoms with Crippen LogP contribution in [0.2, 0.25) is 0 Å². The number of aromatic nitrogens is 2. The zero-order valence-electron chi connectivity index (χ0n) is 14.1. The van der Waals surface area contributed by atoms with Crippen molar-refractivity contribution < 1.29 is 9.53 Å². The monoisotopic (exact) mass is 392 g/mol. The van der Waals surface area contributed by atoms with E-state index in [1.165, 1.54) is 0 Å². The molecule has 3 rings (SSSR count). The van der Waals surface area contributed by atoms with Crippen molar-refractivity contribution in [1.29, 1.82) is 0 Å². The number of piperazine rings is 1. The maximum absolute atomic E-state index is 12.7. The molecule has 24 heavy (non-hydrogen) atoms. The van der Waals surface area contributed by atoms with E-state index >= 15 is 0 Å². The number of nitrogens with zero attached hydrogens (tertiary/aromatic N) is 4. The first-order valence-corrected chi connectivity index (χ1v) is 8.68. The van der Waals surface area contributed by atoms with Gasteiger partial charge >= 0.3 is 0 Å². The molecule has 1 aliphatic rings. The smallest absolute Gasteiger partial charge is 0.275 e. The average Bonchev–Trinajstić information content (AvgIpc) is 2.88. The van der Waals surface area contributed by atoms with E-state index in [2.05, 4.69) is 32.0 Å². The molecule has 0 N–H and O–H groups in total. The maximum Gasteiger partial charge on any atom is 0.275 e. The van der Waals surface area contributed by atoms with E-state index in [0.29, 0.717) is 18.8 Å². The molecule has 6 nitrogen and oxygen atoms in total. The van der Waals surface area contributed by atoms with Crippen LogP contribution < -0.4 is 9.64 Å². The van der Waals surface area contributed by atoms with Crippen LogP contribution in [-0.2, 0) is 7.05 Å². The fourth-order valence-corrected chi connectivity index (χ4v) is 3.42. The number of aryl methyl sites for hydroxylation is 1. The average molecular weight is 393 g/mol.